The van der Waals surface area contributed by atoms with Crippen LogP contribution in [-0.2, 0) is 30.4 Å². The van der Waals surface area contributed by atoms with Gasteiger partial charge in [-0.3, -0.25) is 13.8 Å². The lowest BCUT2D eigenvalue weighted by Crippen LogP contribution is -2.39. The Morgan fingerprint density at radius 2 is 1.67 bits per heavy atom. The number of rotatable bonds is 8. The van der Waals surface area contributed by atoms with Gasteiger partial charge < -0.3 is 10.6 Å². The summed E-state index contributed by atoms with van der Waals surface area (Å²) >= 11 is 0. The minimum atomic E-state index is -3.59. The monoisotopic (exact) mass is 449 g/mol. The van der Waals surface area contributed by atoms with E-state index in [9.17, 15) is 22.2 Å². The van der Waals surface area contributed by atoms with Gasteiger partial charge in [0.05, 0.1) is 10.9 Å². The molecule has 0 unspecified atom stereocenters. The first kappa shape index (κ1) is 22.1. The summed E-state index contributed by atoms with van der Waals surface area (Å²) in [6.07, 6.45) is 3.19. The van der Waals surface area contributed by atoms with Crippen molar-refractivity contribution in [3.8, 4) is 0 Å². The van der Waals surface area contributed by atoms with E-state index >= 15 is 0 Å². The Labute approximate surface area is 178 Å². The standard InChI is InChI=1S/C20H23N3O5S2/c1-29(26)13-18(14-5-3-2-4-6-14)22-20(25)19(24)21-15-9-11-17(12-10-15)30(27,28)23-16-7-8-16/h2-6,9-12,16,18,23H,7-8,13H2,1H3,(H,21,24)(H,22,25)/t18-,29+/m0/s1. The molecule has 0 aliphatic heterocycles. The van der Waals surface area contributed by atoms with Crippen molar-refractivity contribution in [2.45, 2.75) is 29.8 Å². The molecule has 8 nitrogen and oxygen atoms in total. The lowest BCUT2D eigenvalue weighted by atomic mass is 10.1. The highest BCUT2D eigenvalue weighted by Crippen LogP contribution is 2.23. The van der Waals surface area contributed by atoms with Crippen molar-refractivity contribution in [3.05, 3.63) is 60.2 Å². The Balaban J connectivity index is 1.63. The quantitative estimate of drug-likeness (QED) is 0.525. The van der Waals surface area contributed by atoms with Gasteiger partial charge >= 0.3 is 11.8 Å². The molecule has 1 aliphatic carbocycles. The van der Waals surface area contributed by atoms with E-state index in [2.05, 4.69) is 15.4 Å². The van der Waals surface area contributed by atoms with Crippen LogP contribution in [0.5, 0.6) is 0 Å². The highest BCUT2D eigenvalue weighted by molar-refractivity contribution is 7.89. The molecule has 0 radical (unpaired) electrons. The molecule has 2 aromatic rings. The molecule has 1 aliphatic rings. The van der Waals surface area contributed by atoms with Crippen LogP contribution in [-0.4, -0.2) is 42.5 Å². The van der Waals surface area contributed by atoms with Crippen LogP contribution in [0.15, 0.2) is 59.5 Å². The summed E-state index contributed by atoms with van der Waals surface area (Å²) in [5, 5.41) is 5.04. The van der Waals surface area contributed by atoms with E-state index in [4.69, 9.17) is 0 Å². The summed E-state index contributed by atoms with van der Waals surface area (Å²) in [6.45, 7) is 0. The summed E-state index contributed by atoms with van der Waals surface area (Å²) in [7, 11) is -4.77. The van der Waals surface area contributed by atoms with Crippen molar-refractivity contribution >= 4 is 38.3 Å². The maximum atomic E-state index is 12.3. The molecule has 30 heavy (non-hydrogen) atoms. The zero-order valence-electron chi connectivity index (χ0n) is 16.3. The molecule has 0 bridgehead atoms. The van der Waals surface area contributed by atoms with Gasteiger partial charge in [0.2, 0.25) is 10.0 Å². The highest BCUT2D eigenvalue weighted by atomic mass is 32.2. The van der Waals surface area contributed by atoms with E-state index in [-0.39, 0.29) is 22.4 Å². The summed E-state index contributed by atoms with van der Waals surface area (Å²) < 4.78 is 38.6. The SMILES string of the molecule is C[S@@](=O)C[C@H](NC(=O)C(=O)Nc1ccc(S(=O)(=O)NC2CC2)cc1)c1ccccc1. The zero-order valence-corrected chi connectivity index (χ0v) is 18.0. The number of sulfonamides is 1. The molecule has 160 valence electrons. The smallest absolute Gasteiger partial charge is 0.313 e. The third-order valence-corrected chi connectivity index (χ3v) is 6.78. The first-order valence-electron chi connectivity index (χ1n) is 9.34. The summed E-state index contributed by atoms with van der Waals surface area (Å²) in [6, 6.07) is 14.0. The Bertz CT molecular complexity index is 1040. The minimum absolute atomic E-state index is 0.00640. The van der Waals surface area contributed by atoms with Crippen LogP contribution >= 0.6 is 0 Å². The fraction of sp³-hybridized carbons (Fsp3) is 0.300. The van der Waals surface area contributed by atoms with E-state index in [0.29, 0.717) is 0 Å². The zero-order chi connectivity index (χ0) is 21.7. The second-order valence-corrected chi connectivity index (χ2v) is 10.2. The van der Waals surface area contributed by atoms with E-state index in [0.717, 1.165) is 18.4 Å². The van der Waals surface area contributed by atoms with Gasteiger partial charge in [0.1, 0.15) is 0 Å². The van der Waals surface area contributed by atoms with Crippen molar-refractivity contribution in [3.63, 3.8) is 0 Å². The van der Waals surface area contributed by atoms with Gasteiger partial charge in [0, 0.05) is 34.5 Å². The van der Waals surface area contributed by atoms with Gasteiger partial charge in [-0.2, -0.15) is 0 Å². The third kappa shape index (κ3) is 6.22. The van der Waals surface area contributed by atoms with Gasteiger partial charge in [-0.25, -0.2) is 13.1 Å². The third-order valence-electron chi connectivity index (χ3n) is 4.44. The molecule has 10 heteroatoms. The Morgan fingerprint density at radius 1 is 1.03 bits per heavy atom. The van der Waals surface area contributed by atoms with Gasteiger partial charge in [-0.05, 0) is 42.7 Å². The first-order valence-corrected chi connectivity index (χ1v) is 12.5. The van der Waals surface area contributed by atoms with Gasteiger partial charge in [0.15, 0.2) is 0 Å². The number of hydrogen-bond acceptors (Lipinski definition) is 5. The van der Waals surface area contributed by atoms with Crippen molar-refractivity contribution in [2.75, 3.05) is 17.3 Å². The van der Waals surface area contributed by atoms with Gasteiger partial charge in [-0.1, -0.05) is 30.3 Å². The van der Waals surface area contributed by atoms with Crippen molar-refractivity contribution in [2.24, 2.45) is 0 Å². The molecule has 1 saturated carbocycles. The number of carbonyl (C=O) groups excluding carboxylic acids is 2. The lowest BCUT2D eigenvalue weighted by Gasteiger charge is -2.18. The number of carbonyl (C=O) groups is 2. The number of nitrogens with one attached hydrogen (secondary N) is 3. The van der Waals surface area contributed by atoms with Crippen LogP contribution in [0, 0.1) is 0 Å². The van der Waals surface area contributed by atoms with Crippen LogP contribution in [0.2, 0.25) is 0 Å². The fourth-order valence-electron chi connectivity index (χ4n) is 2.76. The number of anilines is 1. The predicted octanol–water partition coefficient (Wildman–Crippen LogP) is 1.30. The Kier molecular flexibility index (Phi) is 7.01. The predicted molar refractivity (Wildman–Crippen MR) is 115 cm³/mol. The van der Waals surface area contributed by atoms with Crippen molar-refractivity contribution < 1.29 is 22.2 Å². The largest absolute Gasteiger partial charge is 0.340 e. The van der Waals surface area contributed by atoms with Crippen LogP contribution in [0.1, 0.15) is 24.4 Å². The lowest BCUT2D eigenvalue weighted by molar-refractivity contribution is -0.136. The van der Waals surface area contributed by atoms with E-state index in [1.165, 1.54) is 30.5 Å². The molecule has 0 heterocycles. The maximum Gasteiger partial charge on any atom is 0.313 e. The summed E-state index contributed by atoms with van der Waals surface area (Å²) in [4.78, 5) is 24.7. The molecule has 0 spiro atoms. The molecule has 0 saturated heterocycles. The normalized spacial score (nSPS) is 15.8. The van der Waals surface area contributed by atoms with Crippen LogP contribution in [0.4, 0.5) is 5.69 Å². The Hall–Kier alpha value is -2.56. The van der Waals surface area contributed by atoms with Crippen LogP contribution < -0.4 is 15.4 Å². The number of amides is 2. The molecular formula is C20H23N3O5S2. The number of hydrogen-bond donors (Lipinski definition) is 3. The van der Waals surface area contributed by atoms with Crippen molar-refractivity contribution in [1.82, 2.24) is 10.0 Å². The molecule has 2 amide bonds. The van der Waals surface area contributed by atoms with E-state index in [1.54, 1.807) is 24.3 Å². The van der Waals surface area contributed by atoms with Crippen LogP contribution in [0.25, 0.3) is 0 Å². The molecule has 2 aromatic carbocycles. The second-order valence-electron chi connectivity index (χ2n) is 7.05. The first-order chi connectivity index (χ1) is 14.2. The minimum Gasteiger partial charge on any atom is -0.340 e. The maximum absolute atomic E-state index is 12.3. The molecule has 3 rings (SSSR count). The highest BCUT2D eigenvalue weighted by Gasteiger charge is 2.28. The van der Waals surface area contributed by atoms with E-state index in [1.807, 2.05) is 6.07 Å². The van der Waals surface area contributed by atoms with Crippen LogP contribution in [0.3, 0.4) is 0 Å². The van der Waals surface area contributed by atoms with Gasteiger partial charge in [0.25, 0.3) is 0 Å². The fourth-order valence-corrected chi connectivity index (χ4v) is 4.81. The molecule has 3 N–H and O–H groups in total. The van der Waals surface area contributed by atoms with Gasteiger partial charge in [-0.15, -0.1) is 0 Å². The molecule has 1 fully saturated rings. The molecule has 0 aromatic heterocycles. The average Bonchev–Trinajstić information content (AvgIpc) is 3.51. The average molecular weight is 450 g/mol. The summed E-state index contributed by atoms with van der Waals surface area (Å²) in [5.74, 6) is -1.60. The number of benzene rings is 2. The topological polar surface area (TPSA) is 121 Å². The van der Waals surface area contributed by atoms with E-state index < -0.39 is 38.7 Å². The Morgan fingerprint density at radius 3 is 2.23 bits per heavy atom. The molecule has 2 atom stereocenters. The van der Waals surface area contributed by atoms with Crippen molar-refractivity contribution in [1.29, 1.82) is 0 Å². The summed E-state index contributed by atoms with van der Waals surface area (Å²) in [5.41, 5.74) is 1.03. The molecular weight excluding hydrogens is 426 g/mol. The second kappa shape index (κ2) is 9.50.